The average molecular weight is 226 g/mol. The highest BCUT2D eigenvalue weighted by molar-refractivity contribution is 7.15. The number of piperazine rings is 1. The van der Waals surface area contributed by atoms with Crippen molar-refractivity contribution in [3.05, 3.63) is 11.1 Å². The van der Waals surface area contributed by atoms with Crippen LogP contribution in [-0.4, -0.2) is 55.1 Å². The molecule has 0 unspecified atom stereocenters. The third-order valence-corrected chi connectivity index (χ3v) is 3.74. The van der Waals surface area contributed by atoms with Gasteiger partial charge >= 0.3 is 0 Å². The van der Waals surface area contributed by atoms with Crippen LogP contribution in [0.5, 0.6) is 0 Å². The highest BCUT2D eigenvalue weighted by Gasteiger charge is 2.14. The molecule has 2 rings (SSSR count). The summed E-state index contributed by atoms with van der Waals surface area (Å²) in [6.45, 7) is 5.75. The van der Waals surface area contributed by atoms with Gasteiger partial charge in [-0.1, -0.05) is 0 Å². The monoisotopic (exact) mass is 226 g/mol. The first-order chi connectivity index (χ1) is 7.28. The van der Waals surface area contributed by atoms with Gasteiger partial charge < -0.3 is 10.2 Å². The van der Waals surface area contributed by atoms with Crippen LogP contribution in [0.15, 0.2) is 6.20 Å². The summed E-state index contributed by atoms with van der Waals surface area (Å²) in [5.41, 5.74) is 0. The second kappa shape index (κ2) is 4.92. The molecule has 0 amide bonds. The highest BCUT2D eigenvalue weighted by atomic mass is 32.1. The number of nitrogens with zero attached hydrogens (tertiary/aromatic N) is 3. The molecule has 1 aliphatic rings. The van der Waals surface area contributed by atoms with Crippen LogP contribution < -0.4 is 5.32 Å². The molecule has 1 aromatic heterocycles. The zero-order valence-electron chi connectivity index (χ0n) is 9.36. The van der Waals surface area contributed by atoms with E-state index in [4.69, 9.17) is 0 Å². The summed E-state index contributed by atoms with van der Waals surface area (Å²) >= 11 is 1.75. The summed E-state index contributed by atoms with van der Waals surface area (Å²) in [6, 6.07) is 0. The quantitative estimate of drug-likeness (QED) is 0.831. The number of likely N-dealkylation sites (N-methyl/N-ethyl adjacent to an activating group) is 1. The summed E-state index contributed by atoms with van der Waals surface area (Å²) in [6.07, 6.45) is 1.98. The van der Waals surface area contributed by atoms with Gasteiger partial charge in [0.1, 0.15) is 0 Å². The van der Waals surface area contributed by atoms with Crippen molar-refractivity contribution in [3.8, 4) is 0 Å². The van der Waals surface area contributed by atoms with Gasteiger partial charge in [-0.25, -0.2) is 4.98 Å². The van der Waals surface area contributed by atoms with E-state index in [2.05, 4.69) is 27.1 Å². The molecular formula is C10H18N4S. The molecule has 1 aromatic rings. The van der Waals surface area contributed by atoms with Gasteiger partial charge in [0.05, 0.1) is 0 Å². The fourth-order valence-corrected chi connectivity index (χ4v) is 2.53. The van der Waals surface area contributed by atoms with Crippen molar-refractivity contribution in [3.63, 3.8) is 0 Å². The Balaban J connectivity index is 1.86. The Kier molecular flexibility index (Phi) is 3.56. The van der Waals surface area contributed by atoms with Crippen molar-refractivity contribution in [2.24, 2.45) is 0 Å². The first kappa shape index (κ1) is 10.9. The molecule has 1 saturated heterocycles. The molecule has 2 heterocycles. The number of hydrogen-bond donors (Lipinski definition) is 1. The van der Waals surface area contributed by atoms with Crippen LogP contribution >= 0.6 is 11.3 Å². The van der Waals surface area contributed by atoms with Crippen LogP contribution in [0.3, 0.4) is 0 Å². The van der Waals surface area contributed by atoms with Gasteiger partial charge in [-0.2, -0.15) is 0 Å². The van der Waals surface area contributed by atoms with E-state index >= 15 is 0 Å². The lowest BCUT2D eigenvalue weighted by atomic mass is 10.3. The van der Waals surface area contributed by atoms with Crippen molar-refractivity contribution in [1.82, 2.24) is 14.8 Å². The minimum Gasteiger partial charge on any atom is -0.365 e. The summed E-state index contributed by atoms with van der Waals surface area (Å²) in [5.74, 6) is 0. The molecule has 0 radical (unpaired) electrons. The fraction of sp³-hybridized carbons (Fsp3) is 0.700. The zero-order valence-corrected chi connectivity index (χ0v) is 10.2. The number of aromatic nitrogens is 1. The standard InChI is InChI=1S/C10H18N4S/c1-11-10-12-7-9(15-10)8-14-5-3-13(2)4-6-14/h7H,3-6,8H2,1-2H3,(H,11,12). The van der Waals surface area contributed by atoms with Gasteiger partial charge in [-0.3, -0.25) is 4.90 Å². The van der Waals surface area contributed by atoms with E-state index in [0.717, 1.165) is 11.7 Å². The third-order valence-electron chi connectivity index (χ3n) is 2.74. The molecule has 15 heavy (non-hydrogen) atoms. The molecule has 0 aromatic carbocycles. The Morgan fingerprint density at radius 2 is 2.13 bits per heavy atom. The largest absolute Gasteiger partial charge is 0.365 e. The zero-order chi connectivity index (χ0) is 10.7. The molecule has 0 spiro atoms. The Morgan fingerprint density at radius 3 is 2.73 bits per heavy atom. The van der Waals surface area contributed by atoms with Gasteiger partial charge in [0.15, 0.2) is 5.13 Å². The van der Waals surface area contributed by atoms with Crippen LogP contribution in [0.4, 0.5) is 5.13 Å². The molecule has 1 fully saturated rings. The molecule has 0 atom stereocenters. The van der Waals surface area contributed by atoms with Crippen LogP contribution in [0.1, 0.15) is 4.88 Å². The van der Waals surface area contributed by atoms with E-state index in [1.54, 1.807) is 11.3 Å². The van der Waals surface area contributed by atoms with Gasteiger partial charge in [0.2, 0.25) is 0 Å². The lowest BCUT2D eigenvalue weighted by molar-refractivity contribution is 0.149. The van der Waals surface area contributed by atoms with E-state index in [0.29, 0.717) is 0 Å². The maximum absolute atomic E-state index is 4.29. The smallest absolute Gasteiger partial charge is 0.182 e. The normalized spacial score (nSPS) is 19.3. The Morgan fingerprint density at radius 1 is 1.40 bits per heavy atom. The Hall–Kier alpha value is -0.650. The fourth-order valence-electron chi connectivity index (χ4n) is 1.72. The first-order valence-electron chi connectivity index (χ1n) is 5.31. The van der Waals surface area contributed by atoms with Crippen molar-refractivity contribution in [2.75, 3.05) is 45.6 Å². The topological polar surface area (TPSA) is 31.4 Å². The van der Waals surface area contributed by atoms with Crippen LogP contribution in [0.25, 0.3) is 0 Å². The minimum absolute atomic E-state index is 1.01. The number of thiazole rings is 1. The van der Waals surface area contributed by atoms with Gasteiger partial charge in [-0.05, 0) is 7.05 Å². The predicted octanol–water partition coefficient (Wildman–Crippen LogP) is 0.932. The van der Waals surface area contributed by atoms with Crippen molar-refractivity contribution in [2.45, 2.75) is 6.54 Å². The second-order valence-corrected chi connectivity index (χ2v) is 5.08. The molecule has 0 bridgehead atoms. The lowest BCUT2D eigenvalue weighted by Crippen LogP contribution is -2.43. The number of nitrogens with one attached hydrogen (secondary N) is 1. The number of hydrogen-bond acceptors (Lipinski definition) is 5. The maximum Gasteiger partial charge on any atom is 0.182 e. The molecular weight excluding hydrogens is 208 g/mol. The number of anilines is 1. The summed E-state index contributed by atoms with van der Waals surface area (Å²) in [5, 5.41) is 4.09. The maximum atomic E-state index is 4.29. The molecule has 1 aliphatic heterocycles. The van der Waals surface area contributed by atoms with Crippen LogP contribution in [-0.2, 0) is 6.54 Å². The van der Waals surface area contributed by atoms with Crippen LogP contribution in [0, 0.1) is 0 Å². The molecule has 0 aliphatic carbocycles. The second-order valence-electron chi connectivity index (χ2n) is 3.96. The number of rotatable bonds is 3. The summed E-state index contributed by atoms with van der Waals surface area (Å²) in [4.78, 5) is 10.5. The minimum atomic E-state index is 1.01. The third kappa shape index (κ3) is 2.90. The van der Waals surface area contributed by atoms with Gasteiger partial charge in [-0.15, -0.1) is 11.3 Å². The van der Waals surface area contributed by atoms with Crippen molar-refractivity contribution >= 4 is 16.5 Å². The molecule has 84 valence electrons. The first-order valence-corrected chi connectivity index (χ1v) is 6.13. The van der Waals surface area contributed by atoms with Gasteiger partial charge in [0, 0.05) is 50.8 Å². The average Bonchev–Trinajstić information content (AvgIpc) is 2.69. The highest BCUT2D eigenvalue weighted by Crippen LogP contribution is 2.19. The lowest BCUT2D eigenvalue weighted by Gasteiger charge is -2.31. The SMILES string of the molecule is CNc1ncc(CN2CCN(C)CC2)s1. The van der Waals surface area contributed by atoms with Gasteiger partial charge in [0.25, 0.3) is 0 Å². The van der Waals surface area contributed by atoms with Crippen LogP contribution in [0.2, 0.25) is 0 Å². The van der Waals surface area contributed by atoms with E-state index in [1.807, 2.05) is 13.2 Å². The van der Waals surface area contributed by atoms with E-state index in [9.17, 15) is 0 Å². The summed E-state index contributed by atoms with van der Waals surface area (Å²) in [7, 11) is 4.10. The van der Waals surface area contributed by atoms with Crippen molar-refractivity contribution < 1.29 is 0 Å². The van der Waals surface area contributed by atoms with Crippen molar-refractivity contribution in [1.29, 1.82) is 0 Å². The van der Waals surface area contributed by atoms with E-state index < -0.39 is 0 Å². The Bertz CT molecular complexity index is 304. The molecule has 4 nitrogen and oxygen atoms in total. The molecule has 5 heteroatoms. The molecule has 0 saturated carbocycles. The molecule has 1 N–H and O–H groups in total. The summed E-state index contributed by atoms with van der Waals surface area (Å²) < 4.78 is 0. The van der Waals surface area contributed by atoms with E-state index in [-0.39, 0.29) is 0 Å². The van der Waals surface area contributed by atoms with E-state index in [1.165, 1.54) is 31.1 Å². The predicted molar refractivity (Wildman–Crippen MR) is 64.4 cm³/mol. The Labute approximate surface area is 94.9 Å².